The van der Waals surface area contributed by atoms with Crippen molar-refractivity contribution in [1.82, 2.24) is 0 Å². The van der Waals surface area contributed by atoms with Gasteiger partial charge in [0.1, 0.15) is 0 Å². The van der Waals surface area contributed by atoms with E-state index in [0.717, 1.165) is 29.8 Å². The van der Waals surface area contributed by atoms with Crippen LogP contribution < -0.4 is 14.0 Å². The topological polar surface area (TPSA) is 78.4 Å². The molecule has 3 rings (SSSR count). The molecule has 0 radical (unpaired) electrons. The third-order valence-electron chi connectivity index (χ3n) is 3.78. The van der Waals surface area contributed by atoms with E-state index in [1.165, 1.54) is 0 Å². The van der Waals surface area contributed by atoms with Gasteiger partial charge in [-0.3, -0.25) is 0 Å². The molecule has 1 aliphatic rings. The number of benzene rings is 2. The van der Waals surface area contributed by atoms with Gasteiger partial charge in [-0.25, -0.2) is 0 Å². The predicted octanol–water partition coefficient (Wildman–Crippen LogP) is 1.33. The fraction of sp³-hybridized carbons (Fsp3) is 0.105. The molecule has 2 aromatic carbocycles. The number of allylic oxidation sites excluding steroid dienone is 3. The molecule has 2 aromatic rings. The van der Waals surface area contributed by atoms with E-state index in [9.17, 15) is 14.0 Å². The molecule has 0 saturated heterocycles. The van der Waals surface area contributed by atoms with E-state index >= 15 is 0 Å². The second-order valence-electron chi connectivity index (χ2n) is 5.42. The van der Waals surface area contributed by atoms with E-state index in [4.69, 9.17) is 3.37 Å². The quantitative estimate of drug-likeness (QED) is 0.452. The van der Waals surface area contributed by atoms with Crippen LogP contribution in [0.1, 0.15) is 11.1 Å². The first-order chi connectivity index (χ1) is 12.9. The second-order valence-corrected chi connectivity index (χ2v) is 11.8. The van der Waals surface area contributed by atoms with Crippen molar-refractivity contribution in [2.45, 2.75) is 9.79 Å². The van der Waals surface area contributed by atoms with Crippen LogP contribution >= 0.6 is 23.5 Å². The van der Waals surface area contributed by atoms with Crippen LogP contribution in [0.4, 0.5) is 0 Å². The second kappa shape index (κ2) is 9.09. The van der Waals surface area contributed by atoms with Gasteiger partial charge in [0.05, 0.1) is 0 Å². The molecule has 0 N–H and O–H groups in total. The van der Waals surface area contributed by atoms with Crippen LogP contribution in [-0.2, 0) is 3.37 Å². The van der Waals surface area contributed by atoms with E-state index < -0.39 is 24.0 Å². The van der Waals surface area contributed by atoms with Crippen molar-refractivity contribution >= 4 is 46.2 Å². The molecule has 0 amide bonds. The average Bonchev–Trinajstić information content (AvgIpc) is 2.67. The van der Waals surface area contributed by atoms with Gasteiger partial charge >= 0.3 is 174 Å². The zero-order chi connectivity index (χ0) is 19.4. The van der Waals surface area contributed by atoms with Crippen molar-refractivity contribution in [2.24, 2.45) is 0 Å². The number of thioether (sulfide) groups is 2. The van der Waals surface area contributed by atoms with Crippen LogP contribution in [0.5, 0.6) is 0 Å². The summed E-state index contributed by atoms with van der Waals surface area (Å²) < 4.78 is 40.8. The summed E-state index contributed by atoms with van der Waals surface area (Å²) in [7, 11) is -4.53. The van der Waals surface area contributed by atoms with Crippen LogP contribution in [0, 0.1) is 10.2 Å². The Labute approximate surface area is 173 Å². The Kier molecular flexibility index (Phi) is 7.03. The Bertz CT molecular complexity index is 901. The zero-order valence-corrected chi connectivity index (χ0v) is 18.7. The minimum absolute atomic E-state index is 0.751. The van der Waals surface area contributed by atoms with Crippen LogP contribution in [-0.4, -0.2) is 30.7 Å². The van der Waals surface area contributed by atoms with Crippen molar-refractivity contribution in [3.63, 3.8) is 0 Å². The van der Waals surface area contributed by atoms with Crippen LogP contribution in [0.2, 0.25) is 0 Å². The molecule has 1 atom stereocenters. The first kappa shape index (κ1) is 20.9. The summed E-state index contributed by atoms with van der Waals surface area (Å²) in [5.41, 5.74) is 1.72. The molecule has 0 fully saturated rings. The molecule has 0 aromatic heterocycles. The van der Waals surface area contributed by atoms with Gasteiger partial charge in [-0.2, -0.15) is 0 Å². The Morgan fingerprint density at radius 1 is 0.815 bits per heavy atom. The van der Waals surface area contributed by atoms with Gasteiger partial charge in [-0.05, 0) is 0 Å². The molecule has 0 spiro atoms. The van der Waals surface area contributed by atoms with Gasteiger partial charge in [0.25, 0.3) is 0 Å². The van der Waals surface area contributed by atoms with Crippen molar-refractivity contribution in [3.8, 4) is 0 Å². The fourth-order valence-electron chi connectivity index (χ4n) is 2.53. The monoisotopic (exact) mass is 488 g/mol. The Morgan fingerprint density at radius 3 is 1.81 bits per heavy atom. The average molecular weight is 488 g/mol. The molecule has 0 saturated carbocycles. The molecule has 1 unspecified atom stereocenters. The summed E-state index contributed by atoms with van der Waals surface area (Å²) in [6.45, 7) is 0. The molecule has 1 aliphatic heterocycles. The molecule has 1 heterocycles. The first-order valence-electron chi connectivity index (χ1n) is 7.80. The van der Waals surface area contributed by atoms with Gasteiger partial charge in [0, 0.05) is 0 Å². The van der Waals surface area contributed by atoms with Gasteiger partial charge in [-0.1, -0.05) is 0 Å². The number of halogens is 1. The van der Waals surface area contributed by atoms with E-state index in [1.807, 2.05) is 79.3 Å². The summed E-state index contributed by atoms with van der Waals surface area (Å²) >= 11 is 0.707. The van der Waals surface area contributed by atoms with Gasteiger partial charge in [0.15, 0.2) is 0 Å². The third-order valence-corrected chi connectivity index (χ3v) is 10.6. The fourth-order valence-corrected chi connectivity index (χ4v) is 8.27. The normalized spacial score (nSPS) is 17.1. The van der Waals surface area contributed by atoms with E-state index in [2.05, 4.69) is 0 Å². The summed E-state index contributed by atoms with van der Waals surface area (Å²) in [6, 6.07) is 15.6. The maximum absolute atomic E-state index is 11.4. The SMILES string of the molecule is CSc1ccc(C2=CC=CC(c3ccc(SC)cc3)=[Se]2O[Cl+3]([O-])([O-])[O-])cc1. The van der Waals surface area contributed by atoms with Gasteiger partial charge in [0.2, 0.25) is 0 Å². The summed E-state index contributed by atoms with van der Waals surface area (Å²) in [5, 5.41) is 0. The molecule has 142 valence electrons. The first-order valence-corrected chi connectivity index (χ1v) is 13.9. The summed E-state index contributed by atoms with van der Waals surface area (Å²) in [6.07, 6.45) is 9.51. The summed E-state index contributed by atoms with van der Waals surface area (Å²) in [5.74, 6) is 0. The van der Waals surface area contributed by atoms with E-state index in [1.54, 1.807) is 23.5 Å². The van der Waals surface area contributed by atoms with Crippen molar-refractivity contribution < 1.29 is 27.6 Å². The zero-order valence-electron chi connectivity index (χ0n) is 14.6. The summed E-state index contributed by atoms with van der Waals surface area (Å²) in [4.78, 5) is 2.21. The minimum atomic E-state index is -4.53. The van der Waals surface area contributed by atoms with Crippen LogP contribution in [0.25, 0.3) is 4.47 Å². The predicted molar refractivity (Wildman–Crippen MR) is 105 cm³/mol. The van der Waals surface area contributed by atoms with Crippen LogP contribution in [0.3, 0.4) is 0 Å². The number of hydrogen-bond acceptors (Lipinski definition) is 6. The Hall–Kier alpha value is -0.861. The molecule has 8 heteroatoms. The molecule has 27 heavy (non-hydrogen) atoms. The molecule has 4 nitrogen and oxygen atoms in total. The number of rotatable bonds is 6. The molecule has 0 bridgehead atoms. The maximum atomic E-state index is 11.4. The van der Waals surface area contributed by atoms with Crippen molar-refractivity contribution in [1.29, 1.82) is 0 Å². The number of hydrogen-bond donors (Lipinski definition) is 0. The van der Waals surface area contributed by atoms with Crippen LogP contribution in [0.15, 0.2) is 76.5 Å². The third kappa shape index (κ3) is 5.35. The van der Waals surface area contributed by atoms with Crippen molar-refractivity contribution in [3.05, 3.63) is 77.9 Å². The standard InChI is InChI=1S/C19H17ClO4S2Se/c1-25-16-10-6-14(7-11-16)18-4-3-5-19(27(18)24-20(21,22)23)15-8-12-17(26-2)13-9-15/h3-13H,1-2H3. The molecular formula is C19H17ClO4S2Se. The molecular weight excluding hydrogens is 471 g/mol. The van der Waals surface area contributed by atoms with E-state index in [-0.39, 0.29) is 0 Å². The van der Waals surface area contributed by atoms with E-state index in [0.29, 0.717) is 0 Å². The Morgan fingerprint density at radius 2 is 1.33 bits per heavy atom. The Balaban J connectivity index is 2.09. The van der Waals surface area contributed by atoms with Gasteiger partial charge < -0.3 is 0 Å². The van der Waals surface area contributed by atoms with Crippen molar-refractivity contribution in [2.75, 3.05) is 12.5 Å². The molecule has 0 aliphatic carbocycles. The van der Waals surface area contributed by atoms with Gasteiger partial charge in [-0.15, -0.1) is 0 Å².